The van der Waals surface area contributed by atoms with Crippen LogP contribution in [0.15, 0.2) is 53.0 Å². The van der Waals surface area contributed by atoms with E-state index in [-0.39, 0.29) is 30.8 Å². The van der Waals surface area contributed by atoms with Gasteiger partial charge in [0, 0.05) is 17.6 Å². The number of amides is 2. The van der Waals surface area contributed by atoms with Gasteiger partial charge in [0.05, 0.1) is 0 Å². The predicted molar refractivity (Wildman–Crippen MR) is 119 cm³/mol. The number of carbonyl (C=O) groups is 2. The van der Waals surface area contributed by atoms with Gasteiger partial charge in [-0.2, -0.15) is 0 Å². The lowest BCUT2D eigenvalue weighted by molar-refractivity contribution is -0.143. The summed E-state index contributed by atoms with van der Waals surface area (Å²) in [6.07, 6.45) is 2.31. The van der Waals surface area contributed by atoms with Crippen molar-refractivity contribution in [3.63, 3.8) is 0 Å². The van der Waals surface area contributed by atoms with E-state index in [0.717, 1.165) is 22.9 Å². The molecule has 30 heavy (non-hydrogen) atoms. The van der Waals surface area contributed by atoms with Gasteiger partial charge >= 0.3 is 0 Å². The summed E-state index contributed by atoms with van der Waals surface area (Å²) in [6, 6.07) is 12.5. The summed E-state index contributed by atoms with van der Waals surface area (Å²) >= 11 is 3.36. The van der Waals surface area contributed by atoms with Gasteiger partial charge in [-0.3, -0.25) is 9.59 Å². The predicted octanol–water partition coefficient (Wildman–Crippen LogP) is 4.69. The minimum absolute atomic E-state index is 0.190. The van der Waals surface area contributed by atoms with Crippen LogP contribution in [0.5, 0.6) is 5.75 Å². The summed E-state index contributed by atoms with van der Waals surface area (Å²) in [6.45, 7) is 4.49. The van der Waals surface area contributed by atoms with Crippen molar-refractivity contribution in [3.05, 3.63) is 64.4 Å². The zero-order chi connectivity index (χ0) is 21.9. The Morgan fingerprint density at radius 1 is 1.10 bits per heavy atom. The van der Waals surface area contributed by atoms with Gasteiger partial charge in [0.1, 0.15) is 17.6 Å². The number of unbranched alkanes of at least 4 members (excludes halogenated alkanes) is 1. The first-order valence-electron chi connectivity index (χ1n) is 10.1. The molecule has 0 fully saturated rings. The van der Waals surface area contributed by atoms with Crippen molar-refractivity contribution in [2.24, 2.45) is 0 Å². The van der Waals surface area contributed by atoms with Crippen molar-refractivity contribution in [2.75, 3.05) is 13.2 Å². The number of carbonyl (C=O) groups excluding carboxylic acids is 2. The van der Waals surface area contributed by atoms with E-state index in [4.69, 9.17) is 4.74 Å². The van der Waals surface area contributed by atoms with Crippen molar-refractivity contribution >= 4 is 27.7 Å². The van der Waals surface area contributed by atoms with Crippen LogP contribution in [-0.4, -0.2) is 35.9 Å². The number of nitrogens with one attached hydrogen (secondary N) is 1. The van der Waals surface area contributed by atoms with Crippen LogP contribution in [0.4, 0.5) is 4.39 Å². The maximum absolute atomic E-state index is 13.3. The molecule has 0 bridgehead atoms. The first-order chi connectivity index (χ1) is 14.4. The maximum Gasteiger partial charge on any atom is 0.261 e. The second-order valence-electron chi connectivity index (χ2n) is 6.96. The average Bonchev–Trinajstić information content (AvgIpc) is 2.74. The van der Waals surface area contributed by atoms with Gasteiger partial charge in [-0.25, -0.2) is 4.39 Å². The molecule has 1 atom stereocenters. The number of hydrogen-bond acceptors (Lipinski definition) is 3. The molecule has 1 N–H and O–H groups in total. The molecule has 0 saturated heterocycles. The first-order valence-corrected chi connectivity index (χ1v) is 10.9. The molecule has 2 amide bonds. The fraction of sp³-hybridized carbons (Fsp3) is 0.391. The lowest BCUT2D eigenvalue weighted by Gasteiger charge is -2.30. The zero-order valence-corrected chi connectivity index (χ0v) is 19.0. The Hall–Kier alpha value is -2.41. The number of benzene rings is 2. The highest BCUT2D eigenvalue weighted by atomic mass is 79.9. The molecule has 0 saturated carbocycles. The summed E-state index contributed by atoms with van der Waals surface area (Å²) in [5.41, 5.74) is 0.744. The summed E-state index contributed by atoms with van der Waals surface area (Å²) < 4.78 is 19.8. The summed E-state index contributed by atoms with van der Waals surface area (Å²) in [7, 11) is 0. The van der Waals surface area contributed by atoms with Crippen LogP contribution in [0.1, 0.15) is 38.7 Å². The SMILES string of the molecule is CCCCNC(=O)[C@@H](CC)N(Cc1ccc(F)cc1)C(=O)COc1ccc(Br)cc1. The minimum Gasteiger partial charge on any atom is -0.484 e. The summed E-state index contributed by atoms with van der Waals surface area (Å²) in [5, 5.41) is 2.91. The normalized spacial score (nSPS) is 11.6. The van der Waals surface area contributed by atoms with Crippen LogP contribution in [0.2, 0.25) is 0 Å². The van der Waals surface area contributed by atoms with Crippen LogP contribution in [0, 0.1) is 5.82 Å². The van der Waals surface area contributed by atoms with E-state index in [2.05, 4.69) is 21.2 Å². The molecule has 0 aliphatic rings. The molecule has 0 heterocycles. The van der Waals surface area contributed by atoms with E-state index in [1.165, 1.54) is 17.0 Å². The van der Waals surface area contributed by atoms with Crippen molar-refractivity contribution in [1.82, 2.24) is 10.2 Å². The molecule has 5 nitrogen and oxygen atoms in total. The van der Waals surface area contributed by atoms with E-state index in [9.17, 15) is 14.0 Å². The van der Waals surface area contributed by atoms with E-state index in [1.807, 2.05) is 26.0 Å². The zero-order valence-electron chi connectivity index (χ0n) is 17.4. The molecular formula is C23H28BrFN2O3. The van der Waals surface area contributed by atoms with E-state index in [1.54, 1.807) is 24.3 Å². The van der Waals surface area contributed by atoms with E-state index < -0.39 is 6.04 Å². The number of halogens is 2. The number of hydrogen-bond donors (Lipinski definition) is 1. The molecule has 0 aromatic heterocycles. The largest absolute Gasteiger partial charge is 0.484 e. The van der Waals surface area contributed by atoms with Crippen LogP contribution in [0.25, 0.3) is 0 Å². The molecule has 0 radical (unpaired) electrons. The third-order valence-electron chi connectivity index (χ3n) is 4.66. The Morgan fingerprint density at radius 2 is 1.77 bits per heavy atom. The minimum atomic E-state index is -0.632. The Labute approximate surface area is 185 Å². The molecule has 0 aliphatic heterocycles. The monoisotopic (exact) mass is 478 g/mol. The summed E-state index contributed by atoms with van der Waals surface area (Å²) in [5.74, 6) is -0.280. The Balaban J connectivity index is 2.15. The van der Waals surface area contributed by atoms with Gasteiger partial charge in [-0.15, -0.1) is 0 Å². The molecule has 162 valence electrons. The molecule has 2 aromatic carbocycles. The molecule has 0 aliphatic carbocycles. The quantitative estimate of drug-likeness (QED) is 0.476. The highest BCUT2D eigenvalue weighted by molar-refractivity contribution is 9.10. The second kappa shape index (κ2) is 12.3. The van der Waals surface area contributed by atoms with Gasteiger partial charge in [0.15, 0.2) is 6.61 Å². The summed E-state index contributed by atoms with van der Waals surface area (Å²) in [4.78, 5) is 27.3. The van der Waals surface area contributed by atoms with Gasteiger partial charge in [-0.05, 0) is 54.8 Å². The topological polar surface area (TPSA) is 58.6 Å². The maximum atomic E-state index is 13.3. The van der Waals surface area contributed by atoms with Crippen LogP contribution < -0.4 is 10.1 Å². The molecule has 2 rings (SSSR count). The number of nitrogens with zero attached hydrogens (tertiary/aromatic N) is 1. The average molecular weight is 479 g/mol. The molecular weight excluding hydrogens is 451 g/mol. The van der Waals surface area contributed by atoms with Gasteiger partial charge in [0.2, 0.25) is 5.91 Å². The molecule has 7 heteroatoms. The van der Waals surface area contributed by atoms with Gasteiger partial charge in [0.25, 0.3) is 5.91 Å². The Kier molecular flexibility index (Phi) is 9.80. The van der Waals surface area contributed by atoms with Crippen LogP contribution in [0.3, 0.4) is 0 Å². The van der Waals surface area contributed by atoms with Crippen molar-refractivity contribution < 1.29 is 18.7 Å². The molecule has 0 spiro atoms. The van der Waals surface area contributed by atoms with E-state index in [0.29, 0.717) is 18.7 Å². The molecule has 2 aromatic rings. The van der Waals surface area contributed by atoms with E-state index >= 15 is 0 Å². The highest BCUT2D eigenvalue weighted by Gasteiger charge is 2.28. The number of rotatable bonds is 11. The Bertz CT molecular complexity index is 812. The number of ether oxygens (including phenoxy) is 1. The Morgan fingerprint density at radius 3 is 2.37 bits per heavy atom. The van der Waals surface area contributed by atoms with Crippen LogP contribution in [-0.2, 0) is 16.1 Å². The van der Waals surface area contributed by atoms with Crippen molar-refractivity contribution in [2.45, 2.75) is 45.7 Å². The molecule has 0 unspecified atom stereocenters. The fourth-order valence-corrected chi connectivity index (χ4v) is 3.24. The van der Waals surface area contributed by atoms with Gasteiger partial charge < -0.3 is 15.0 Å². The smallest absolute Gasteiger partial charge is 0.261 e. The van der Waals surface area contributed by atoms with Crippen molar-refractivity contribution in [1.29, 1.82) is 0 Å². The lowest BCUT2D eigenvalue weighted by Crippen LogP contribution is -2.50. The van der Waals surface area contributed by atoms with Crippen molar-refractivity contribution in [3.8, 4) is 5.75 Å². The van der Waals surface area contributed by atoms with Gasteiger partial charge in [-0.1, -0.05) is 48.3 Å². The van der Waals surface area contributed by atoms with Crippen LogP contribution >= 0.6 is 15.9 Å². The third-order valence-corrected chi connectivity index (χ3v) is 5.19. The first kappa shape index (κ1) is 23.9. The highest BCUT2D eigenvalue weighted by Crippen LogP contribution is 2.17. The lowest BCUT2D eigenvalue weighted by atomic mass is 10.1. The fourth-order valence-electron chi connectivity index (χ4n) is 2.97. The standard InChI is InChI=1S/C23H28BrFN2O3/c1-3-5-14-26-23(29)21(4-2)27(15-17-6-10-19(25)11-7-17)22(28)16-30-20-12-8-18(24)9-13-20/h6-13,21H,3-5,14-16H2,1-2H3,(H,26,29)/t21-/m1/s1. The second-order valence-corrected chi connectivity index (χ2v) is 7.88. The third kappa shape index (κ3) is 7.44.